The predicted octanol–water partition coefficient (Wildman–Crippen LogP) is 2.13. The lowest BCUT2D eigenvalue weighted by Crippen LogP contribution is -2.01. The Bertz CT molecular complexity index is 479. The summed E-state index contributed by atoms with van der Waals surface area (Å²) < 4.78 is 5.06. The third kappa shape index (κ3) is 2.78. The van der Waals surface area contributed by atoms with Gasteiger partial charge in [0.15, 0.2) is 5.75 Å². The van der Waals surface area contributed by atoms with E-state index in [1.165, 1.54) is 7.11 Å². The van der Waals surface area contributed by atoms with Crippen LogP contribution in [0.5, 0.6) is 5.75 Å². The van der Waals surface area contributed by atoms with E-state index in [1.807, 2.05) is 0 Å². The molecule has 8 heteroatoms. The Morgan fingerprint density at radius 2 is 2.06 bits per heavy atom. The van der Waals surface area contributed by atoms with E-state index in [9.17, 15) is 0 Å². The summed E-state index contributed by atoms with van der Waals surface area (Å²) in [5, 5.41) is 17.2. The molecule has 0 unspecified atom stereocenters. The fraction of sp³-hybridized carbons (Fsp3) is 0.222. The molecule has 0 amide bonds. The number of hydrogen-bond donors (Lipinski definition) is 2. The molecule has 1 heterocycles. The first-order chi connectivity index (χ1) is 8.20. The molecule has 2 N–H and O–H groups in total. The Hall–Kier alpha value is -1.53. The van der Waals surface area contributed by atoms with Crippen molar-refractivity contribution in [1.29, 1.82) is 0 Å². The molecule has 0 fully saturated rings. The summed E-state index contributed by atoms with van der Waals surface area (Å²) in [5.41, 5.74) is 0.894. The molecule has 0 aliphatic carbocycles. The fourth-order valence-corrected chi connectivity index (χ4v) is 2.01. The van der Waals surface area contributed by atoms with Crippen LogP contribution in [0.15, 0.2) is 12.1 Å². The summed E-state index contributed by atoms with van der Waals surface area (Å²) in [6.07, 6.45) is 0. The first-order valence-corrected chi connectivity index (χ1v) is 5.45. The zero-order valence-corrected chi connectivity index (χ0v) is 10.4. The highest BCUT2D eigenvalue weighted by Gasteiger charge is 2.08. The van der Waals surface area contributed by atoms with Crippen molar-refractivity contribution in [2.75, 3.05) is 12.4 Å². The van der Waals surface area contributed by atoms with Gasteiger partial charge >= 0.3 is 0 Å². The van der Waals surface area contributed by atoms with Gasteiger partial charge in [0.05, 0.1) is 17.2 Å². The number of aromatic amines is 1. The van der Waals surface area contributed by atoms with E-state index in [4.69, 9.17) is 27.9 Å². The molecule has 0 aliphatic heterocycles. The lowest BCUT2D eigenvalue weighted by molar-refractivity contribution is 0.415. The molecular formula is C9H9Cl2N5O. The molecule has 0 spiro atoms. The zero-order valence-electron chi connectivity index (χ0n) is 8.87. The summed E-state index contributed by atoms with van der Waals surface area (Å²) in [4.78, 5) is 0. The van der Waals surface area contributed by atoms with Gasteiger partial charge in [-0.3, -0.25) is 0 Å². The maximum Gasteiger partial charge on any atom is 0.263 e. The van der Waals surface area contributed by atoms with E-state index in [2.05, 4.69) is 25.9 Å². The highest BCUT2D eigenvalue weighted by molar-refractivity contribution is 6.37. The number of rotatable bonds is 4. The van der Waals surface area contributed by atoms with E-state index in [-0.39, 0.29) is 0 Å². The van der Waals surface area contributed by atoms with Crippen LogP contribution in [-0.4, -0.2) is 27.7 Å². The summed E-state index contributed by atoms with van der Waals surface area (Å²) in [6.45, 7) is 0.489. The van der Waals surface area contributed by atoms with Crippen molar-refractivity contribution in [3.63, 3.8) is 0 Å². The average molecular weight is 274 g/mol. The van der Waals surface area contributed by atoms with Crippen LogP contribution in [0.2, 0.25) is 10.0 Å². The lowest BCUT2D eigenvalue weighted by atomic mass is 10.2. The second-order valence-electron chi connectivity index (χ2n) is 3.18. The van der Waals surface area contributed by atoms with Crippen LogP contribution in [0, 0.1) is 0 Å². The highest BCUT2D eigenvalue weighted by atomic mass is 35.5. The van der Waals surface area contributed by atoms with Gasteiger partial charge in [-0.05, 0) is 22.9 Å². The minimum Gasteiger partial charge on any atom is -0.494 e. The number of hydrogen-bond acceptors (Lipinski definition) is 5. The second kappa shape index (κ2) is 5.20. The van der Waals surface area contributed by atoms with E-state index in [1.54, 1.807) is 12.1 Å². The van der Waals surface area contributed by atoms with Crippen LogP contribution in [0.4, 0.5) is 5.95 Å². The molecule has 0 bridgehead atoms. The van der Waals surface area contributed by atoms with E-state index >= 15 is 0 Å². The highest BCUT2D eigenvalue weighted by Crippen LogP contribution is 2.33. The Morgan fingerprint density at radius 3 is 2.59 bits per heavy atom. The summed E-state index contributed by atoms with van der Waals surface area (Å²) in [6, 6.07) is 3.53. The predicted molar refractivity (Wildman–Crippen MR) is 64.5 cm³/mol. The van der Waals surface area contributed by atoms with Crippen molar-refractivity contribution in [2.45, 2.75) is 6.54 Å². The third-order valence-electron chi connectivity index (χ3n) is 2.06. The number of tetrazole rings is 1. The van der Waals surface area contributed by atoms with Crippen molar-refractivity contribution in [3.05, 3.63) is 27.7 Å². The molecule has 2 rings (SSSR count). The minimum atomic E-state index is 0.410. The largest absolute Gasteiger partial charge is 0.494 e. The van der Waals surface area contributed by atoms with Gasteiger partial charge in [-0.1, -0.05) is 28.3 Å². The fourth-order valence-electron chi connectivity index (χ4n) is 1.33. The molecule has 0 aliphatic rings. The Kier molecular flexibility index (Phi) is 3.65. The molecule has 0 saturated heterocycles. The SMILES string of the molecule is COc1c(Cl)cc(CNc2nn[nH]n2)cc1Cl. The van der Waals surface area contributed by atoms with Crippen molar-refractivity contribution in [2.24, 2.45) is 0 Å². The molecule has 1 aromatic heterocycles. The molecule has 17 heavy (non-hydrogen) atoms. The van der Waals surface area contributed by atoms with E-state index in [0.29, 0.717) is 28.3 Å². The summed E-state index contributed by atoms with van der Waals surface area (Å²) >= 11 is 12.0. The van der Waals surface area contributed by atoms with Gasteiger partial charge in [0, 0.05) is 6.54 Å². The van der Waals surface area contributed by atoms with Gasteiger partial charge in [0.2, 0.25) is 0 Å². The number of halogens is 2. The van der Waals surface area contributed by atoms with Crippen LogP contribution < -0.4 is 10.1 Å². The van der Waals surface area contributed by atoms with Crippen molar-refractivity contribution < 1.29 is 4.74 Å². The second-order valence-corrected chi connectivity index (χ2v) is 4.00. The molecule has 2 aromatic rings. The van der Waals surface area contributed by atoms with Crippen LogP contribution in [-0.2, 0) is 6.54 Å². The maximum absolute atomic E-state index is 6.01. The van der Waals surface area contributed by atoms with Crippen molar-refractivity contribution >= 4 is 29.2 Å². The first kappa shape index (κ1) is 11.9. The first-order valence-electron chi connectivity index (χ1n) is 4.70. The third-order valence-corrected chi connectivity index (χ3v) is 2.62. The average Bonchev–Trinajstić information content (AvgIpc) is 2.79. The van der Waals surface area contributed by atoms with Gasteiger partial charge in [-0.15, -0.1) is 5.10 Å². The van der Waals surface area contributed by atoms with Crippen molar-refractivity contribution in [1.82, 2.24) is 20.6 Å². The zero-order chi connectivity index (χ0) is 12.3. The maximum atomic E-state index is 6.01. The van der Waals surface area contributed by atoms with Gasteiger partial charge in [0.1, 0.15) is 0 Å². The van der Waals surface area contributed by atoms with Crippen molar-refractivity contribution in [3.8, 4) is 5.75 Å². The normalized spacial score (nSPS) is 10.3. The van der Waals surface area contributed by atoms with Gasteiger partial charge in [0.25, 0.3) is 5.95 Å². The van der Waals surface area contributed by atoms with Gasteiger partial charge in [-0.25, -0.2) is 0 Å². The quantitative estimate of drug-likeness (QED) is 0.893. The topological polar surface area (TPSA) is 75.7 Å². The number of anilines is 1. The Morgan fingerprint density at radius 1 is 1.35 bits per heavy atom. The molecule has 0 atom stereocenters. The lowest BCUT2D eigenvalue weighted by Gasteiger charge is -2.08. The number of benzene rings is 1. The molecule has 6 nitrogen and oxygen atoms in total. The van der Waals surface area contributed by atoms with Crippen LogP contribution in [0.25, 0.3) is 0 Å². The number of ether oxygens (including phenoxy) is 1. The van der Waals surface area contributed by atoms with E-state index in [0.717, 1.165) is 5.56 Å². The number of nitrogens with one attached hydrogen (secondary N) is 2. The standard InChI is InChI=1S/C9H9Cl2N5O/c1-17-8-6(10)2-5(3-7(8)11)4-12-9-13-15-16-14-9/h2-3H,4H2,1H3,(H2,12,13,14,15,16). The Labute approximate surface area is 107 Å². The van der Waals surface area contributed by atoms with Crippen LogP contribution >= 0.6 is 23.2 Å². The molecule has 0 radical (unpaired) electrons. The summed E-state index contributed by atoms with van der Waals surface area (Å²) in [7, 11) is 1.52. The van der Waals surface area contributed by atoms with Crippen LogP contribution in [0.1, 0.15) is 5.56 Å². The monoisotopic (exact) mass is 273 g/mol. The number of H-pyrrole nitrogens is 1. The number of methoxy groups -OCH3 is 1. The molecular weight excluding hydrogens is 265 g/mol. The smallest absolute Gasteiger partial charge is 0.263 e. The Balaban J connectivity index is 2.12. The molecule has 1 aromatic carbocycles. The van der Waals surface area contributed by atoms with Crippen LogP contribution in [0.3, 0.4) is 0 Å². The van der Waals surface area contributed by atoms with E-state index < -0.39 is 0 Å². The van der Waals surface area contributed by atoms with Gasteiger partial charge in [-0.2, -0.15) is 5.21 Å². The molecule has 0 saturated carbocycles. The number of nitrogens with zero attached hydrogens (tertiary/aromatic N) is 3. The van der Waals surface area contributed by atoms with Gasteiger partial charge < -0.3 is 10.1 Å². The summed E-state index contributed by atoms with van der Waals surface area (Å²) in [5.74, 6) is 0.879. The minimum absolute atomic E-state index is 0.410. The molecule has 90 valence electrons. The number of aromatic nitrogens is 4.